The summed E-state index contributed by atoms with van der Waals surface area (Å²) in [6.45, 7) is 0. The number of terminal acetylenes is 1. The van der Waals surface area contributed by atoms with Crippen molar-refractivity contribution in [1.82, 2.24) is 0 Å². The maximum absolute atomic E-state index is 14.5. The highest BCUT2D eigenvalue weighted by molar-refractivity contribution is 5.84. The third-order valence-corrected chi connectivity index (χ3v) is 6.21. The maximum atomic E-state index is 14.5. The van der Waals surface area contributed by atoms with Crippen LogP contribution in [0.1, 0.15) is 48.8 Å². The molecule has 0 radical (unpaired) electrons. The molecular weight excluding hydrogens is 393 g/mol. The van der Waals surface area contributed by atoms with Crippen LogP contribution in [0.4, 0.5) is 13.2 Å². The molecule has 1 fully saturated rings. The number of halogens is 3. The van der Waals surface area contributed by atoms with Gasteiger partial charge in [0, 0.05) is 16.9 Å². The fourth-order valence-corrected chi connectivity index (χ4v) is 4.29. The Labute approximate surface area is 181 Å². The van der Waals surface area contributed by atoms with E-state index in [9.17, 15) is 13.2 Å². The van der Waals surface area contributed by atoms with Crippen molar-refractivity contribution >= 4 is 10.8 Å². The summed E-state index contributed by atoms with van der Waals surface area (Å²) in [6.07, 6.45) is 11.9. The first-order valence-electron chi connectivity index (χ1n) is 10.7. The molecule has 0 saturated heterocycles. The second-order valence-corrected chi connectivity index (χ2v) is 8.28. The first kappa shape index (κ1) is 21.1. The van der Waals surface area contributed by atoms with E-state index in [1.54, 1.807) is 24.3 Å². The van der Waals surface area contributed by atoms with Crippen LogP contribution in [0.2, 0.25) is 0 Å². The number of hydrogen-bond donors (Lipinski definition) is 0. The summed E-state index contributed by atoms with van der Waals surface area (Å²) in [5.74, 6) is 7.62. The molecule has 0 heterocycles. The summed E-state index contributed by atoms with van der Waals surface area (Å²) in [7, 11) is 0. The summed E-state index contributed by atoms with van der Waals surface area (Å²) in [6, 6.07) is 12.6. The van der Waals surface area contributed by atoms with Crippen LogP contribution in [0.25, 0.3) is 10.8 Å². The highest BCUT2D eigenvalue weighted by Crippen LogP contribution is 2.31. The highest BCUT2D eigenvalue weighted by Gasteiger charge is 2.19. The molecule has 3 aromatic carbocycles. The van der Waals surface area contributed by atoms with Gasteiger partial charge in [-0.3, -0.25) is 0 Å². The lowest BCUT2D eigenvalue weighted by atomic mass is 9.80. The average molecular weight is 416 g/mol. The largest absolute Gasteiger partial charge is 0.206 e. The van der Waals surface area contributed by atoms with E-state index in [4.69, 9.17) is 6.42 Å². The van der Waals surface area contributed by atoms with Gasteiger partial charge in [-0.05, 0) is 85.7 Å². The summed E-state index contributed by atoms with van der Waals surface area (Å²) < 4.78 is 41.7. The van der Waals surface area contributed by atoms with E-state index in [-0.39, 0.29) is 11.2 Å². The molecule has 0 atom stereocenters. The normalized spacial score (nSPS) is 18.3. The molecule has 0 nitrogen and oxygen atoms in total. The molecule has 0 aromatic heterocycles. The van der Waals surface area contributed by atoms with Gasteiger partial charge in [0.15, 0.2) is 11.6 Å². The van der Waals surface area contributed by atoms with Crippen LogP contribution in [0.3, 0.4) is 0 Å². The van der Waals surface area contributed by atoms with Crippen LogP contribution in [0.15, 0.2) is 48.5 Å². The molecule has 0 N–H and O–H groups in total. The molecule has 156 valence electrons. The van der Waals surface area contributed by atoms with E-state index >= 15 is 0 Å². The molecule has 0 unspecified atom stereocenters. The van der Waals surface area contributed by atoms with Gasteiger partial charge >= 0.3 is 0 Å². The van der Waals surface area contributed by atoms with E-state index in [0.717, 1.165) is 50.2 Å². The van der Waals surface area contributed by atoms with Crippen molar-refractivity contribution in [3.63, 3.8) is 0 Å². The van der Waals surface area contributed by atoms with Crippen molar-refractivity contribution in [3.8, 4) is 24.2 Å². The van der Waals surface area contributed by atoms with Gasteiger partial charge in [0.25, 0.3) is 0 Å². The third kappa shape index (κ3) is 4.95. The van der Waals surface area contributed by atoms with Crippen molar-refractivity contribution in [2.45, 2.75) is 38.5 Å². The Hall–Kier alpha value is -3.17. The second kappa shape index (κ2) is 9.32. The molecule has 0 amide bonds. The fraction of sp³-hybridized carbons (Fsp3) is 0.286. The predicted molar refractivity (Wildman–Crippen MR) is 119 cm³/mol. The molecule has 3 aromatic rings. The number of rotatable bonds is 3. The Kier molecular flexibility index (Phi) is 6.34. The lowest BCUT2D eigenvalue weighted by Crippen LogP contribution is -2.13. The van der Waals surface area contributed by atoms with Crippen LogP contribution >= 0.6 is 0 Å². The summed E-state index contributed by atoms with van der Waals surface area (Å²) in [5, 5.41) is 0.756. The monoisotopic (exact) mass is 416 g/mol. The molecule has 0 aliphatic heterocycles. The van der Waals surface area contributed by atoms with Crippen molar-refractivity contribution < 1.29 is 13.2 Å². The van der Waals surface area contributed by atoms with Crippen LogP contribution in [-0.2, 0) is 6.42 Å². The molecule has 3 heteroatoms. The summed E-state index contributed by atoms with van der Waals surface area (Å²) in [5.41, 5.74) is 1.92. The van der Waals surface area contributed by atoms with Crippen molar-refractivity contribution in [2.24, 2.45) is 11.8 Å². The lowest BCUT2D eigenvalue weighted by Gasteiger charge is -2.25. The zero-order chi connectivity index (χ0) is 21.8. The third-order valence-electron chi connectivity index (χ3n) is 6.21. The van der Waals surface area contributed by atoms with Crippen LogP contribution < -0.4 is 0 Å². The number of hydrogen-bond acceptors (Lipinski definition) is 0. The predicted octanol–water partition coefficient (Wildman–Crippen LogP) is 7.03. The summed E-state index contributed by atoms with van der Waals surface area (Å²) in [4.78, 5) is 0. The second-order valence-electron chi connectivity index (χ2n) is 8.28. The minimum atomic E-state index is -0.881. The quantitative estimate of drug-likeness (QED) is 0.402. The zero-order valence-corrected chi connectivity index (χ0v) is 17.2. The van der Waals surface area contributed by atoms with Gasteiger partial charge in [0.05, 0.1) is 5.56 Å². The van der Waals surface area contributed by atoms with Crippen molar-refractivity contribution in [2.75, 3.05) is 0 Å². The molecule has 0 bridgehead atoms. The van der Waals surface area contributed by atoms with Gasteiger partial charge < -0.3 is 0 Å². The van der Waals surface area contributed by atoms with Gasteiger partial charge in [-0.2, -0.15) is 0 Å². The standard InChI is InChI=1S/C28H23F3/c1-2-19-3-5-20(6-4-19)7-8-22-10-13-23(27(30)18-22)12-9-21-11-15-25-24(17-21)14-16-26(29)28(25)31/h1,10-11,13-20H,3-8H2. The van der Waals surface area contributed by atoms with Gasteiger partial charge in [0.1, 0.15) is 5.82 Å². The van der Waals surface area contributed by atoms with Crippen LogP contribution in [-0.4, -0.2) is 0 Å². The van der Waals surface area contributed by atoms with Crippen LogP contribution in [0, 0.1) is 53.5 Å². The number of benzene rings is 3. The Morgan fingerprint density at radius 1 is 0.839 bits per heavy atom. The van der Waals surface area contributed by atoms with Crippen molar-refractivity contribution in [1.29, 1.82) is 0 Å². The van der Waals surface area contributed by atoms with Gasteiger partial charge in [0.2, 0.25) is 0 Å². The minimum Gasteiger partial charge on any atom is -0.206 e. The van der Waals surface area contributed by atoms with E-state index < -0.39 is 11.6 Å². The van der Waals surface area contributed by atoms with Gasteiger partial charge in [-0.1, -0.05) is 30.0 Å². The highest BCUT2D eigenvalue weighted by atomic mass is 19.2. The van der Waals surface area contributed by atoms with Crippen molar-refractivity contribution in [3.05, 3.63) is 82.7 Å². The first-order valence-corrected chi connectivity index (χ1v) is 10.7. The fourth-order valence-electron chi connectivity index (χ4n) is 4.29. The Morgan fingerprint density at radius 2 is 1.65 bits per heavy atom. The molecule has 1 saturated carbocycles. The van der Waals surface area contributed by atoms with E-state index in [0.29, 0.717) is 28.3 Å². The zero-order valence-electron chi connectivity index (χ0n) is 17.2. The smallest absolute Gasteiger partial charge is 0.166 e. The van der Waals surface area contributed by atoms with Gasteiger partial charge in [-0.25, -0.2) is 13.2 Å². The molecular formula is C28H23F3. The van der Waals surface area contributed by atoms with Crippen LogP contribution in [0.5, 0.6) is 0 Å². The minimum absolute atomic E-state index is 0.203. The molecule has 1 aliphatic rings. The average Bonchev–Trinajstić information content (AvgIpc) is 2.80. The Balaban J connectivity index is 1.42. The molecule has 0 spiro atoms. The maximum Gasteiger partial charge on any atom is 0.166 e. The van der Waals surface area contributed by atoms with Gasteiger partial charge in [-0.15, -0.1) is 12.3 Å². The molecule has 4 rings (SSSR count). The molecule has 31 heavy (non-hydrogen) atoms. The van der Waals surface area contributed by atoms with E-state index in [1.165, 1.54) is 12.1 Å². The lowest BCUT2D eigenvalue weighted by molar-refractivity contribution is 0.302. The molecule has 1 aliphatic carbocycles. The number of fused-ring (bicyclic) bond motifs is 1. The summed E-state index contributed by atoms with van der Waals surface area (Å²) >= 11 is 0. The van der Waals surface area contributed by atoms with E-state index in [2.05, 4.69) is 17.8 Å². The SMILES string of the molecule is C#CC1CCC(CCc2ccc(C#Cc3ccc4c(F)c(F)ccc4c3)c(F)c2)CC1. The van der Waals surface area contributed by atoms with E-state index in [1.807, 2.05) is 6.07 Å². The topological polar surface area (TPSA) is 0 Å². The first-order chi connectivity index (χ1) is 15.0. The number of aryl methyl sites for hydroxylation is 1. The Bertz CT molecular complexity index is 1200. The Morgan fingerprint density at radius 3 is 2.39 bits per heavy atom.